The van der Waals surface area contributed by atoms with Crippen LogP contribution in [0.25, 0.3) is 0 Å². The van der Waals surface area contributed by atoms with Crippen molar-refractivity contribution >= 4 is 0 Å². The lowest BCUT2D eigenvalue weighted by Gasteiger charge is -2.36. The second-order valence-electron chi connectivity index (χ2n) is 7.91. The second kappa shape index (κ2) is 11.9. The highest BCUT2D eigenvalue weighted by atomic mass is 16.7. The molecule has 1 saturated heterocycles. The molecule has 2 fully saturated rings. The van der Waals surface area contributed by atoms with Crippen molar-refractivity contribution in [2.45, 2.75) is 96.7 Å². The van der Waals surface area contributed by atoms with E-state index < -0.39 is 0 Å². The minimum atomic E-state index is -0.000501. The van der Waals surface area contributed by atoms with Crippen LogP contribution >= 0.6 is 0 Å². The van der Waals surface area contributed by atoms with Crippen LogP contribution in [0.5, 0.6) is 0 Å². The first-order chi connectivity index (χ1) is 11.8. The molecule has 138 valence electrons. The number of nitriles is 1. The maximum Gasteiger partial charge on any atom is 0.160 e. The molecule has 3 nitrogen and oxygen atoms in total. The third kappa shape index (κ3) is 7.11. The summed E-state index contributed by atoms with van der Waals surface area (Å²) in [5.41, 5.74) is 0. The summed E-state index contributed by atoms with van der Waals surface area (Å²) in [5, 5.41) is 8.98. The fourth-order valence-corrected chi connectivity index (χ4v) is 4.08. The number of ether oxygens (including phenoxy) is 2. The molecule has 0 amide bonds. The molecule has 2 rings (SSSR count). The largest absolute Gasteiger partial charge is 0.352 e. The summed E-state index contributed by atoms with van der Waals surface area (Å²) in [6.45, 7) is 4.02. The second-order valence-corrected chi connectivity index (χ2v) is 7.91. The summed E-state index contributed by atoms with van der Waals surface area (Å²) < 4.78 is 12.0. The minimum absolute atomic E-state index is 0.000501. The Labute approximate surface area is 149 Å². The Morgan fingerprint density at radius 2 is 1.42 bits per heavy atom. The molecule has 1 heterocycles. The zero-order valence-corrected chi connectivity index (χ0v) is 15.7. The van der Waals surface area contributed by atoms with Crippen molar-refractivity contribution in [1.82, 2.24) is 0 Å². The molecular formula is C21H37NO2. The van der Waals surface area contributed by atoms with E-state index in [0.717, 1.165) is 38.9 Å². The summed E-state index contributed by atoms with van der Waals surface area (Å²) in [5.74, 6) is 1.37. The molecular weight excluding hydrogens is 298 g/mol. The summed E-state index contributed by atoms with van der Waals surface area (Å²) in [4.78, 5) is 0. The van der Waals surface area contributed by atoms with Crippen LogP contribution in [0, 0.1) is 29.1 Å². The molecule has 1 aliphatic heterocycles. The van der Waals surface area contributed by atoms with Crippen LogP contribution in [0.2, 0.25) is 0 Å². The van der Waals surface area contributed by atoms with Crippen LogP contribution in [0.1, 0.15) is 90.4 Å². The summed E-state index contributed by atoms with van der Waals surface area (Å²) in [6, 6.07) is 2.40. The number of rotatable bonds is 10. The summed E-state index contributed by atoms with van der Waals surface area (Å²) >= 11 is 0. The molecule has 0 N–H and O–H groups in total. The van der Waals surface area contributed by atoms with E-state index in [0.29, 0.717) is 11.8 Å². The summed E-state index contributed by atoms with van der Waals surface area (Å²) in [7, 11) is 0. The minimum Gasteiger partial charge on any atom is -0.352 e. The van der Waals surface area contributed by atoms with Gasteiger partial charge in [0.2, 0.25) is 0 Å². The lowest BCUT2D eigenvalue weighted by Crippen LogP contribution is -2.38. The molecule has 2 aliphatic rings. The van der Waals surface area contributed by atoms with Gasteiger partial charge < -0.3 is 9.47 Å². The van der Waals surface area contributed by atoms with Gasteiger partial charge >= 0.3 is 0 Å². The quantitative estimate of drug-likeness (QED) is 0.471. The standard InChI is InChI=1S/C21H37NO2/c1-2-3-4-5-6-7-8-9-10-19-16-23-21(24-17-19)20-13-11-18(15-22)12-14-20/h18-21H,2-14,16-17H2,1H3. The molecule has 24 heavy (non-hydrogen) atoms. The maximum absolute atomic E-state index is 8.98. The Hall–Kier alpha value is -0.590. The van der Waals surface area contributed by atoms with E-state index in [9.17, 15) is 0 Å². The molecule has 0 aromatic rings. The highest BCUT2D eigenvalue weighted by Crippen LogP contribution is 2.34. The van der Waals surface area contributed by atoms with Crippen LogP contribution in [-0.4, -0.2) is 19.5 Å². The fourth-order valence-electron chi connectivity index (χ4n) is 4.08. The van der Waals surface area contributed by atoms with Gasteiger partial charge in [-0.25, -0.2) is 0 Å². The van der Waals surface area contributed by atoms with Crippen molar-refractivity contribution in [2.24, 2.45) is 17.8 Å². The van der Waals surface area contributed by atoms with Crippen LogP contribution in [0.3, 0.4) is 0 Å². The molecule has 0 spiro atoms. The van der Waals surface area contributed by atoms with Crippen molar-refractivity contribution in [2.75, 3.05) is 13.2 Å². The smallest absolute Gasteiger partial charge is 0.160 e. The SMILES string of the molecule is CCCCCCCCCCC1COC(C2CCC(C#N)CC2)OC1. The van der Waals surface area contributed by atoms with Crippen molar-refractivity contribution in [3.8, 4) is 6.07 Å². The number of unbranched alkanes of at least 4 members (excludes halogenated alkanes) is 7. The van der Waals surface area contributed by atoms with E-state index >= 15 is 0 Å². The molecule has 0 unspecified atom stereocenters. The van der Waals surface area contributed by atoms with Crippen molar-refractivity contribution in [3.63, 3.8) is 0 Å². The van der Waals surface area contributed by atoms with Gasteiger partial charge in [0.1, 0.15) is 0 Å². The lowest BCUT2D eigenvalue weighted by molar-refractivity contribution is -0.229. The van der Waals surface area contributed by atoms with Gasteiger partial charge in [-0.1, -0.05) is 58.3 Å². The molecule has 1 saturated carbocycles. The van der Waals surface area contributed by atoms with Gasteiger partial charge in [-0.3, -0.25) is 0 Å². The Kier molecular flexibility index (Phi) is 9.76. The predicted molar refractivity (Wildman–Crippen MR) is 97.5 cm³/mol. The Morgan fingerprint density at radius 1 is 0.833 bits per heavy atom. The van der Waals surface area contributed by atoms with Gasteiger partial charge in [0.05, 0.1) is 19.3 Å². The number of hydrogen-bond donors (Lipinski definition) is 0. The Balaban J connectivity index is 1.47. The topological polar surface area (TPSA) is 42.2 Å². The van der Waals surface area contributed by atoms with Crippen molar-refractivity contribution in [3.05, 3.63) is 0 Å². The van der Waals surface area contributed by atoms with Gasteiger partial charge in [0.15, 0.2) is 6.29 Å². The average molecular weight is 336 g/mol. The van der Waals surface area contributed by atoms with Crippen LogP contribution < -0.4 is 0 Å². The average Bonchev–Trinajstić information content (AvgIpc) is 2.64. The van der Waals surface area contributed by atoms with Crippen molar-refractivity contribution < 1.29 is 9.47 Å². The first-order valence-electron chi connectivity index (χ1n) is 10.5. The van der Waals surface area contributed by atoms with Crippen molar-refractivity contribution in [1.29, 1.82) is 5.26 Å². The normalized spacial score (nSPS) is 30.8. The summed E-state index contributed by atoms with van der Waals surface area (Å²) in [6.07, 6.45) is 16.5. The van der Waals surface area contributed by atoms with E-state index in [1.54, 1.807) is 0 Å². The van der Waals surface area contributed by atoms with Gasteiger partial charge in [-0.15, -0.1) is 0 Å². The molecule has 0 radical (unpaired) electrons. The Bertz CT molecular complexity index is 349. The van der Waals surface area contributed by atoms with Gasteiger partial charge in [0.25, 0.3) is 0 Å². The number of nitrogens with zero attached hydrogens (tertiary/aromatic N) is 1. The molecule has 0 bridgehead atoms. The molecule has 3 heteroatoms. The van der Waals surface area contributed by atoms with Gasteiger partial charge in [-0.05, 0) is 32.1 Å². The molecule has 0 aromatic carbocycles. The lowest BCUT2D eigenvalue weighted by atomic mass is 9.82. The Morgan fingerprint density at radius 3 is 2.00 bits per heavy atom. The fraction of sp³-hybridized carbons (Fsp3) is 0.952. The van der Waals surface area contributed by atoms with E-state index in [1.807, 2.05) is 0 Å². The van der Waals surface area contributed by atoms with Crippen LogP contribution in [-0.2, 0) is 9.47 Å². The van der Waals surface area contributed by atoms with Crippen LogP contribution in [0.15, 0.2) is 0 Å². The first-order valence-corrected chi connectivity index (χ1v) is 10.5. The monoisotopic (exact) mass is 335 g/mol. The van der Waals surface area contributed by atoms with E-state index in [-0.39, 0.29) is 12.2 Å². The highest BCUT2D eigenvalue weighted by Gasteiger charge is 2.32. The van der Waals surface area contributed by atoms with E-state index in [4.69, 9.17) is 14.7 Å². The number of hydrogen-bond acceptors (Lipinski definition) is 3. The highest BCUT2D eigenvalue weighted by molar-refractivity contribution is 4.88. The van der Waals surface area contributed by atoms with Gasteiger partial charge in [0, 0.05) is 17.8 Å². The zero-order chi connectivity index (χ0) is 17.0. The predicted octanol–water partition coefficient (Wildman–Crippen LogP) is 5.84. The van der Waals surface area contributed by atoms with E-state index in [2.05, 4.69) is 13.0 Å². The third-order valence-corrected chi connectivity index (χ3v) is 5.80. The molecule has 0 aromatic heterocycles. The van der Waals surface area contributed by atoms with E-state index in [1.165, 1.54) is 57.8 Å². The van der Waals surface area contributed by atoms with Gasteiger partial charge in [-0.2, -0.15) is 5.26 Å². The third-order valence-electron chi connectivity index (χ3n) is 5.80. The first kappa shape index (κ1) is 19.7. The molecule has 1 aliphatic carbocycles. The van der Waals surface area contributed by atoms with Crippen LogP contribution in [0.4, 0.5) is 0 Å². The molecule has 0 atom stereocenters. The maximum atomic E-state index is 8.98. The zero-order valence-electron chi connectivity index (χ0n) is 15.7.